The van der Waals surface area contributed by atoms with Crippen LogP contribution in [-0.2, 0) is 9.59 Å². The third-order valence-electron chi connectivity index (χ3n) is 3.72. The summed E-state index contributed by atoms with van der Waals surface area (Å²) in [6.45, 7) is 3.03. The summed E-state index contributed by atoms with van der Waals surface area (Å²) in [6.07, 6.45) is 1.12. The normalized spacial score (nSPS) is 17.5. The molecular weight excluding hydrogens is 284 g/mol. The molecule has 1 heterocycles. The number of carbonyl (C=O) groups excluding carboxylic acids is 2. The average Bonchev–Trinajstić information content (AvgIpc) is 2.93. The standard InChI is InChI=1S/C16H22N2O4/c1-4-7-17-16(20)11-8-15(19)18(10-11)12-5-6-13(21-2)14(9-12)22-3/h5-6,9,11H,4,7-8,10H2,1-3H3,(H,17,20). The Morgan fingerprint density at radius 3 is 2.68 bits per heavy atom. The van der Waals surface area contributed by atoms with Crippen molar-refractivity contribution in [2.24, 2.45) is 5.92 Å². The summed E-state index contributed by atoms with van der Waals surface area (Å²) in [7, 11) is 3.11. The van der Waals surface area contributed by atoms with Crippen molar-refractivity contribution in [3.05, 3.63) is 18.2 Å². The Morgan fingerprint density at radius 1 is 1.32 bits per heavy atom. The van der Waals surface area contributed by atoms with Crippen LogP contribution in [0.5, 0.6) is 11.5 Å². The number of carbonyl (C=O) groups is 2. The molecule has 1 fully saturated rings. The van der Waals surface area contributed by atoms with Crippen molar-refractivity contribution in [3.63, 3.8) is 0 Å². The molecule has 1 aromatic rings. The Bertz CT molecular complexity index is 559. The molecule has 1 atom stereocenters. The van der Waals surface area contributed by atoms with Gasteiger partial charge in [-0.15, -0.1) is 0 Å². The molecule has 1 aliphatic heterocycles. The zero-order valence-corrected chi connectivity index (χ0v) is 13.2. The van der Waals surface area contributed by atoms with Crippen LogP contribution < -0.4 is 19.7 Å². The molecule has 0 spiro atoms. The molecule has 1 N–H and O–H groups in total. The number of rotatable bonds is 6. The van der Waals surface area contributed by atoms with Gasteiger partial charge in [0.05, 0.1) is 20.1 Å². The van der Waals surface area contributed by atoms with Crippen molar-refractivity contribution < 1.29 is 19.1 Å². The first-order chi connectivity index (χ1) is 10.6. The van der Waals surface area contributed by atoms with Gasteiger partial charge < -0.3 is 19.7 Å². The lowest BCUT2D eigenvalue weighted by Crippen LogP contribution is -2.33. The maximum Gasteiger partial charge on any atom is 0.227 e. The van der Waals surface area contributed by atoms with E-state index >= 15 is 0 Å². The van der Waals surface area contributed by atoms with E-state index in [1.165, 1.54) is 0 Å². The maximum atomic E-state index is 12.2. The number of benzene rings is 1. The van der Waals surface area contributed by atoms with E-state index in [2.05, 4.69) is 5.32 Å². The molecule has 1 unspecified atom stereocenters. The molecule has 0 aromatic heterocycles. The number of hydrogen-bond acceptors (Lipinski definition) is 4. The molecule has 1 aromatic carbocycles. The number of nitrogens with one attached hydrogen (secondary N) is 1. The highest BCUT2D eigenvalue weighted by atomic mass is 16.5. The predicted molar refractivity (Wildman–Crippen MR) is 83.3 cm³/mol. The third-order valence-corrected chi connectivity index (χ3v) is 3.72. The van der Waals surface area contributed by atoms with E-state index in [4.69, 9.17) is 9.47 Å². The SMILES string of the molecule is CCCNC(=O)C1CC(=O)N(c2ccc(OC)c(OC)c2)C1. The topological polar surface area (TPSA) is 67.9 Å². The Hall–Kier alpha value is -2.24. The summed E-state index contributed by atoms with van der Waals surface area (Å²) in [5.41, 5.74) is 0.716. The summed E-state index contributed by atoms with van der Waals surface area (Å²) in [5, 5.41) is 2.85. The minimum atomic E-state index is -0.299. The molecule has 6 nitrogen and oxygen atoms in total. The van der Waals surface area contributed by atoms with Crippen molar-refractivity contribution >= 4 is 17.5 Å². The van der Waals surface area contributed by atoms with Gasteiger partial charge in [0, 0.05) is 31.3 Å². The Kier molecular flexibility index (Phi) is 5.25. The minimum Gasteiger partial charge on any atom is -0.493 e. The van der Waals surface area contributed by atoms with Crippen LogP contribution in [0.1, 0.15) is 19.8 Å². The molecule has 120 valence electrons. The smallest absolute Gasteiger partial charge is 0.227 e. The minimum absolute atomic E-state index is 0.0520. The van der Waals surface area contributed by atoms with Gasteiger partial charge in [-0.2, -0.15) is 0 Å². The molecule has 1 aliphatic rings. The van der Waals surface area contributed by atoms with Crippen LogP contribution in [0, 0.1) is 5.92 Å². The molecule has 22 heavy (non-hydrogen) atoms. The molecule has 2 amide bonds. The number of methoxy groups -OCH3 is 2. The van der Waals surface area contributed by atoms with Gasteiger partial charge in [0.15, 0.2) is 11.5 Å². The van der Waals surface area contributed by atoms with Crippen molar-refractivity contribution in [3.8, 4) is 11.5 Å². The quantitative estimate of drug-likeness (QED) is 0.866. The highest BCUT2D eigenvalue weighted by molar-refractivity contribution is 6.00. The van der Waals surface area contributed by atoms with Gasteiger partial charge in [0.25, 0.3) is 0 Å². The maximum absolute atomic E-state index is 12.2. The van der Waals surface area contributed by atoms with Crippen LogP contribution in [0.3, 0.4) is 0 Å². The van der Waals surface area contributed by atoms with Gasteiger partial charge in [-0.1, -0.05) is 6.92 Å². The van der Waals surface area contributed by atoms with Crippen molar-refractivity contribution in [2.45, 2.75) is 19.8 Å². The lowest BCUT2D eigenvalue weighted by atomic mass is 10.1. The second kappa shape index (κ2) is 7.15. The van der Waals surface area contributed by atoms with Crippen LogP contribution >= 0.6 is 0 Å². The monoisotopic (exact) mass is 306 g/mol. The number of nitrogens with zero attached hydrogens (tertiary/aromatic N) is 1. The van der Waals surface area contributed by atoms with Crippen molar-refractivity contribution in [1.29, 1.82) is 0 Å². The van der Waals surface area contributed by atoms with E-state index in [0.29, 0.717) is 30.3 Å². The fourth-order valence-corrected chi connectivity index (χ4v) is 2.52. The van der Waals surface area contributed by atoms with Crippen LogP contribution in [-0.4, -0.2) is 39.1 Å². The van der Waals surface area contributed by atoms with Gasteiger partial charge in [-0.3, -0.25) is 9.59 Å². The average molecular weight is 306 g/mol. The molecule has 0 aliphatic carbocycles. The van der Waals surface area contributed by atoms with Gasteiger partial charge in [0.2, 0.25) is 11.8 Å². The van der Waals surface area contributed by atoms with Crippen LogP contribution in [0.25, 0.3) is 0 Å². The second-order valence-corrected chi connectivity index (χ2v) is 5.24. The Morgan fingerprint density at radius 2 is 2.05 bits per heavy atom. The number of amides is 2. The van der Waals surface area contributed by atoms with E-state index in [-0.39, 0.29) is 24.2 Å². The van der Waals surface area contributed by atoms with Gasteiger partial charge in [-0.25, -0.2) is 0 Å². The molecule has 1 saturated heterocycles. The lowest BCUT2D eigenvalue weighted by molar-refractivity contribution is -0.126. The fourth-order valence-electron chi connectivity index (χ4n) is 2.52. The lowest BCUT2D eigenvalue weighted by Gasteiger charge is -2.18. The molecular formula is C16H22N2O4. The van der Waals surface area contributed by atoms with E-state index in [0.717, 1.165) is 6.42 Å². The first-order valence-corrected chi connectivity index (χ1v) is 7.40. The Balaban J connectivity index is 2.13. The molecule has 0 radical (unpaired) electrons. The van der Waals surface area contributed by atoms with Gasteiger partial charge >= 0.3 is 0 Å². The largest absolute Gasteiger partial charge is 0.493 e. The molecule has 0 bridgehead atoms. The summed E-state index contributed by atoms with van der Waals surface area (Å²) in [5.74, 6) is 0.760. The van der Waals surface area contributed by atoms with Crippen LogP contribution in [0.15, 0.2) is 18.2 Å². The van der Waals surface area contributed by atoms with Crippen molar-refractivity contribution in [1.82, 2.24) is 5.32 Å². The van der Waals surface area contributed by atoms with Crippen molar-refractivity contribution in [2.75, 3.05) is 32.2 Å². The predicted octanol–water partition coefficient (Wildman–Crippen LogP) is 1.58. The zero-order chi connectivity index (χ0) is 16.1. The Labute approximate surface area is 130 Å². The van der Waals surface area contributed by atoms with E-state index < -0.39 is 0 Å². The summed E-state index contributed by atoms with van der Waals surface area (Å²) in [4.78, 5) is 25.8. The number of hydrogen-bond donors (Lipinski definition) is 1. The second-order valence-electron chi connectivity index (χ2n) is 5.24. The van der Waals surface area contributed by atoms with E-state index in [9.17, 15) is 9.59 Å². The summed E-state index contributed by atoms with van der Waals surface area (Å²) in [6, 6.07) is 5.31. The zero-order valence-electron chi connectivity index (χ0n) is 13.2. The van der Waals surface area contributed by atoms with E-state index in [1.54, 1.807) is 37.3 Å². The summed E-state index contributed by atoms with van der Waals surface area (Å²) >= 11 is 0. The van der Waals surface area contributed by atoms with Gasteiger partial charge in [-0.05, 0) is 18.6 Å². The highest BCUT2D eigenvalue weighted by Crippen LogP contribution is 2.34. The molecule has 6 heteroatoms. The van der Waals surface area contributed by atoms with E-state index in [1.807, 2.05) is 6.92 Å². The van der Waals surface area contributed by atoms with Crippen LogP contribution in [0.4, 0.5) is 5.69 Å². The number of ether oxygens (including phenoxy) is 2. The molecule has 2 rings (SSSR count). The first kappa shape index (κ1) is 16.1. The fraction of sp³-hybridized carbons (Fsp3) is 0.500. The summed E-state index contributed by atoms with van der Waals surface area (Å²) < 4.78 is 10.4. The third kappa shape index (κ3) is 3.32. The molecule has 0 saturated carbocycles. The first-order valence-electron chi connectivity index (χ1n) is 7.40. The van der Waals surface area contributed by atoms with Crippen LogP contribution in [0.2, 0.25) is 0 Å². The van der Waals surface area contributed by atoms with Gasteiger partial charge in [0.1, 0.15) is 0 Å². The highest BCUT2D eigenvalue weighted by Gasteiger charge is 2.35. The number of anilines is 1.